The molecule has 0 spiro atoms. The van der Waals surface area contributed by atoms with Crippen LogP contribution >= 0.6 is 0 Å². The van der Waals surface area contributed by atoms with Crippen LogP contribution < -0.4 is 0 Å². The molecule has 0 aromatic rings. The minimum absolute atomic E-state index is 0.482. The first-order chi connectivity index (χ1) is 6.40. The van der Waals surface area contributed by atoms with Gasteiger partial charge in [0.2, 0.25) is 0 Å². The van der Waals surface area contributed by atoms with Gasteiger partial charge in [-0.05, 0) is 26.7 Å². The first-order valence-corrected chi connectivity index (χ1v) is 5.84. The summed E-state index contributed by atoms with van der Waals surface area (Å²) < 4.78 is 15.5. The van der Waals surface area contributed by atoms with Crippen LogP contribution in [0, 0.1) is 0 Å². The Kier molecular flexibility index (Phi) is 6.44. The highest BCUT2D eigenvalue weighted by molar-refractivity contribution is 7.94. The SMILES string of the molecule is C=C(CCCOC)CC(C)(C)[S+]([NH-])[O-]. The average Bonchev–Trinajstić information content (AvgIpc) is 2.03. The minimum Gasteiger partial charge on any atom is -0.627 e. The Morgan fingerprint density at radius 3 is 2.57 bits per heavy atom. The van der Waals surface area contributed by atoms with Crippen molar-refractivity contribution in [2.45, 2.75) is 37.9 Å². The van der Waals surface area contributed by atoms with Gasteiger partial charge in [0.15, 0.2) is 0 Å². The molecule has 3 nitrogen and oxygen atoms in total. The number of hydrogen-bond acceptors (Lipinski definition) is 2. The molecule has 84 valence electrons. The van der Waals surface area contributed by atoms with E-state index in [4.69, 9.17) is 9.88 Å². The Labute approximate surface area is 90.0 Å². The number of hydrogen-bond donors (Lipinski definition) is 0. The molecule has 0 bridgehead atoms. The summed E-state index contributed by atoms with van der Waals surface area (Å²) >= 11 is -1.55. The molecule has 0 radical (unpaired) electrons. The molecule has 0 rings (SSSR count). The van der Waals surface area contributed by atoms with Crippen LogP contribution in [0.25, 0.3) is 5.14 Å². The molecule has 0 amide bonds. The lowest BCUT2D eigenvalue weighted by atomic mass is 10.00. The third kappa shape index (κ3) is 5.65. The highest BCUT2D eigenvalue weighted by atomic mass is 32.2. The van der Waals surface area contributed by atoms with Crippen LogP contribution in [0.15, 0.2) is 12.2 Å². The van der Waals surface area contributed by atoms with Crippen LogP contribution in [0.4, 0.5) is 0 Å². The van der Waals surface area contributed by atoms with Gasteiger partial charge in [-0.25, -0.2) is 0 Å². The molecule has 1 unspecified atom stereocenters. The summed E-state index contributed by atoms with van der Waals surface area (Å²) in [6, 6.07) is 0. The first-order valence-electron chi connectivity index (χ1n) is 4.69. The van der Waals surface area contributed by atoms with Crippen molar-refractivity contribution in [1.82, 2.24) is 0 Å². The topological polar surface area (TPSA) is 56.1 Å². The Bertz CT molecular complexity index is 181. The lowest BCUT2D eigenvalue weighted by Crippen LogP contribution is -2.29. The van der Waals surface area contributed by atoms with Gasteiger partial charge in [-0.3, -0.25) is 0 Å². The molecule has 0 aromatic carbocycles. The molecule has 0 aliphatic carbocycles. The van der Waals surface area contributed by atoms with E-state index in [9.17, 15) is 4.55 Å². The van der Waals surface area contributed by atoms with Gasteiger partial charge in [0.1, 0.15) is 4.75 Å². The summed E-state index contributed by atoms with van der Waals surface area (Å²) in [7, 11) is 1.67. The molecule has 4 heteroatoms. The Morgan fingerprint density at radius 1 is 1.57 bits per heavy atom. The summed E-state index contributed by atoms with van der Waals surface area (Å²) in [4.78, 5) is 0. The summed E-state index contributed by atoms with van der Waals surface area (Å²) in [5.74, 6) is 0. The quantitative estimate of drug-likeness (QED) is 0.375. The predicted molar refractivity (Wildman–Crippen MR) is 61.4 cm³/mol. The minimum atomic E-state index is -1.55. The molecule has 0 fully saturated rings. The molecule has 0 aliphatic heterocycles. The molecular weight excluding hydrogens is 198 g/mol. The third-order valence-corrected chi connectivity index (χ3v) is 3.20. The number of methoxy groups -OCH3 is 1. The van der Waals surface area contributed by atoms with Crippen LogP contribution in [-0.4, -0.2) is 23.0 Å². The highest BCUT2D eigenvalue weighted by Gasteiger charge is 2.25. The molecule has 0 aromatic heterocycles. The van der Waals surface area contributed by atoms with Crippen LogP contribution in [0.5, 0.6) is 0 Å². The standard InChI is InChI=1S/C10H20NO2S/c1-9(6-5-7-13-4)8-10(2,3)14(11)12/h11H,1,5-8H2,2-4H3/q-1. The summed E-state index contributed by atoms with van der Waals surface area (Å²) in [5, 5.41) is 7.19. The van der Waals surface area contributed by atoms with Crippen molar-refractivity contribution in [3.8, 4) is 0 Å². The van der Waals surface area contributed by atoms with Crippen molar-refractivity contribution in [3.05, 3.63) is 17.3 Å². The molecule has 1 atom stereocenters. The van der Waals surface area contributed by atoms with Crippen molar-refractivity contribution in [1.29, 1.82) is 0 Å². The van der Waals surface area contributed by atoms with Crippen LogP contribution in [0.2, 0.25) is 0 Å². The van der Waals surface area contributed by atoms with E-state index >= 15 is 0 Å². The van der Waals surface area contributed by atoms with E-state index in [1.807, 2.05) is 13.8 Å². The van der Waals surface area contributed by atoms with Gasteiger partial charge in [0.05, 0.1) is 0 Å². The maximum absolute atomic E-state index is 11.0. The van der Waals surface area contributed by atoms with Crippen LogP contribution in [-0.2, 0) is 16.1 Å². The summed E-state index contributed by atoms with van der Waals surface area (Å²) in [6.07, 6.45) is 2.47. The van der Waals surface area contributed by atoms with Crippen molar-refractivity contribution >= 4 is 11.4 Å². The lowest BCUT2D eigenvalue weighted by Gasteiger charge is -2.32. The Hall–Kier alpha value is -0.0300. The fourth-order valence-corrected chi connectivity index (χ4v) is 1.56. The second-order valence-electron chi connectivity index (χ2n) is 4.05. The van der Waals surface area contributed by atoms with Gasteiger partial charge in [0.25, 0.3) is 0 Å². The molecule has 0 heterocycles. The lowest BCUT2D eigenvalue weighted by molar-refractivity contribution is 0.195. The van der Waals surface area contributed by atoms with E-state index in [2.05, 4.69) is 6.58 Å². The molecule has 0 saturated heterocycles. The monoisotopic (exact) mass is 218 g/mol. The van der Waals surface area contributed by atoms with Crippen molar-refractivity contribution in [3.63, 3.8) is 0 Å². The molecular formula is C10H20NO2S-. The highest BCUT2D eigenvalue weighted by Crippen LogP contribution is 2.26. The van der Waals surface area contributed by atoms with E-state index in [0.717, 1.165) is 25.0 Å². The fourth-order valence-electron chi connectivity index (χ4n) is 1.22. The Balaban J connectivity index is 3.82. The zero-order valence-electron chi connectivity index (χ0n) is 9.26. The summed E-state index contributed by atoms with van der Waals surface area (Å²) in [6.45, 7) is 8.31. The van der Waals surface area contributed by atoms with Crippen LogP contribution in [0.1, 0.15) is 33.1 Å². The zero-order chi connectivity index (χ0) is 11.2. The van der Waals surface area contributed by atoms with Crippen molar-refractivity contribution in [2.24, 2.45) is 0 Å². The molecule has 0 aliphatic rings. The van der Waals surface area contributed by atoms with Crippen molar-refractivity contribution < 1.29 is 9.29 Å². The van der Waals surface area contributed by atoms with E-state index in [1.54, 1.807) is 7.11 Å². The second kappa shape index (κ2) is 6.45. The maximum atomic E-state index is 11.0. The Morgan fingerprint density at radius 2 is 2.14 bits per heavy atom. The van der Waals surface area contributed by atoms with Crippen LogP contribution in [0.3, 0.4) is 0 Å². The van der Waals surface area contributed by atoms with Gasteiger partial charge in [0, 0.05) is 20.1 Å². The zero-order valence-corrected chi connectivity index (χ0v) is 10.1. The van der Waals surface area contributed by atoms with E-state index in [1.165, 1.54) is 0 Å². The number of nitrogens with one attached hydrogen (secondary N) is 1. The van der Waals surface area contributed by atoms with Gasteiger partial charge in [-0.1, -0.05) is 12.2 Å². The number of ether oxygens (including phenoxy) is 1. The van der Waals surface area contributed by atoms with E-state index in [0.29, 0.717) is 6.42 Å². The maximum Gasteiger partial charge on any atom is 0.111 e. The predicted octanol–water partition coefficient (Wildman–Crippen LogP) is 2.85. The van der Waals surface area contributed by atoms with Crippen molar-refractivity contribution in [2.75, 3.05) is 13.7 Å². The molecule has 14 heavy (non-hydrogen) atoms. The molecule has 0 saturated carbocycles. The normalized spacial score (nSPS) is 14.1. The average molecular weight is 218 g/mol. The van der Waals surface area contributed by atoms with Gasteiger partial charge < -0.3 is 14.4 Å². The largest absolute Gasteiger partial charge is 0.627 e. The summed E-state index contributed by atoms with van der Waals surface area (Å²) in [5.41, 5.74) is 1.05. The van der Waals surface area contributed by atoms with Gasteiger partial charge in [-0.15, -0.1) is 11.4 Å². The van der Waals surface area contributed by atoms with E-state index in [-0.39, 0.29) is 0 Å². The van der Waals surface area contributed by atoms with E-state index < -0.39 is 16.1 Å². The fraction of sp³-hybridized carbons (Fsp3) is 0.800. The number of allylic oxidation sites excluding steroid dienone is 1. The number of rotatable bonds is 7. The third-order valence-electron chi connectivity index (χ3n) is 2.06. The second-order valence-corrected chi connectivity index (χ2v) is 5.69. The smallest absolute Gasteiger partial charge is 0.111 e. The first kappa shape index (κ1) is 14.0. The van der Waals surface area contributed by atoms with Gasteiger partial charge >= 0.3 is 0 Å². The van der Waals surface area contributed by atoms with Gasteiger partial charge in [-0.2, -0.15) is 0 Å². The molecule has 1 N–H and O–H groups in total.